The number of nitrogens with zero attached hydrogens (tertiary/aromatic N) is 2. The van der Waals surface area contributed by atoms with Crippen molar-refractivity contribution in [3.8, 4) is 11.5 Å². The summed E-state index contributed by atoms with van der Waals surface area (Å²) in [6.45, 7) is 2.30. The molecule has 7 nitrogen and oxygen atoms in total. The van der Waals surface area contributed by atoms with Crippen LogP contribution in [0.25, 0.3) is 5.76 Å². The molecule has 1 fully saturated rings. The number of ether oxygens (including phenoxy) is 2. The number of carbonyl (C=O) groups excluding carboxylic acids is 2. The molecule has 1 aliphatic heterocycles. The minimum atomic E-state index is -0.895. The van der Waals surface area contributed by atoms with Gasteiger partial charge in [0.2, 0.25) is 0 Å². The van der Waals surface area contributed by atoms with Crippen LogP contribution in [0, 0.1) is 0 Å². The van der Waals surface area contributed by atoms with Gasteiger partial charge < -0.3 is 14.6 Å². The Balaban J connectivity index is 1.95. The van der Waals surface area contributed by atoms with E-state index in [2.05, 4.69) is 4.98 Å². The van der Waals surface area contributed by atoms with E-state index in [9.17, 15) is 14.7 Å². The summed E-state index contributed by atoms with van der Waals surface area (Å²) in [5, 5.41) is 11.6. The lowest BCUT2D eigenvalue weighted by molar-refractivity contribution is -0.132. The second-order valence-corrected chi connectivity index (χ2v) is 7.66. The average Bonchev–Trinajstić information content (AvgIpc) is 3.10. The number of aliphatic hydroxyl groups is 1. The van der Waals surface area contributed by atoms with E-state index in [1.807, 2.05) is 6.92 Å². The van der Waals surface area contributed by atoms with Crippen LogP contribution in [0.1, 0.15) is 24.1 Å². The largest absolute Gasteiger partial charge is 0.507 e. The fraction of sp³-hybridized carbons (Fsp3) is 0.160. The van der Waals surface area contributed by atoms with Gasteiger partial charge in [-0.2, -0.15) is 0 Å². The zero-order valence-corrected chi connectivity index (χ0v) is 18.7. The molecule has 33 heavy (non-hydrogen) atoms. The van der Waals surface area contributed by atoms with Gasteiger partial charge in [0, 0.05) is 29.2 Å². The van der Waals surface area contributed by atoms with Crippen LogP contribution in [0.2, 0.25) is 5.02 Å². The Morgan fingerprint density at radius 3 is 2.58 bits per heavy atom. The molecule has 1 atom stereocenters. The number of amides is 1. The summed E-state index contributed by atoms with van der Waals surface area (Å²) in [5.74, 6) is -1.10. The normalized spacial score (nSPS) is 17.3. The number of aliphatic hydroxyl groups excluding tert-OH is 1. The molecule has 2 heterocycles. The number of pyridine rings is 1. The fourth-order valence-electron chi connectivity index (χ4n) is 3.86. The van der Waals surface area contributed by atoms with Gasteiger partial charge in [-0.3, -0.25) is 19.5 Å². The van der Waals surface area contributed by atoms with Crippen molar-refractivity contribution in [3.05, 3.63) is 88.7 Å². The number of hydrogen-bond donors (Lipinski definition) is 1. The summed E-state index contributed by atoms with van der Waals surface area (Å²) in [6.07, 6.45) is 3.12. The van der Waals surface area contributed by atoms with E-state index in [0.717, 1.165) is 0 Å². The maximum absolute atomic E-state index is 13.3. The quantitative estimate of drug-likeness (QED) is 0.321. The Morgan fingerprint density at radius 1 is 1.12 bits per heavy atom. The van der Waals surface area contributed by atoms with E-state index >= 15 is 0 Å². The van der Waals surface area contributed by atoms with Gasteiger partial charge in [-0.15, -0.1) is 0 Å². The number of Topliss-reactive ketones (excluding diaryl/α,β-unsaturated/α-hetero) is 1. The molecule has 1 unspecified atom stereocenters. The third kappa shape index (κ3) is 4.15. The maximum atomic E-state index is 13.3. The summed E-state index contributed by atoms with van der Waals surface area (Å²) in [7, 11) is 1.44. The molecule has 0 spiro atoms. The van der Waals surface area contributed by atoms with Crippen molar-refractivity contribution in [2.45, 2.75) is 13.0 Å². The molecule has 0 radical (unpaired) electrons. The second kappa shape index (κ2) is 9.34. The summed E-state index contributed by atoms with van der Waals surface area (Å²) >= 11 is 6.14. The van der Waals surface area contributed by atoms with Gasteiger partial charge in [-0.1, -0.05) is 17.7 Å². The molecular weight excluding hydrogens is 444 g/mol. The number of methoxy groups -OCH3 is 1. The second-order valence-electron chi connectivity index (χ2n) is 7.22. The first-order valence-corrected chi connectivity index (χ1v) is 10.6. The molecule has 0 bridgehead atoms. The summed E-state index contributed by atoms with van der Waals surface area (Å²) in [4.78, 5) is 31.9. The number of hydrogen-bond acceptors (Lipinski definition) is 6. The smallest absolute Gasteiger partial charge is 0.300 e. The standard InChI is InChI=1S/C25H21ClN2O5/c1-3-33-18-6-4-5-17(14-18)28-22(15-9-11-27-12-10-15)21(24(30)25(28)31)23(29)19-13-16(26)7-8-20(19)32-2/h4-14,22,29H,3H2,1-2H3/b23-21+. The summed E-state index contributed by atoms with van der Waals surface area (Å²) in [6, 6.07) is 14.1. The Morgan fingerprint density at radius 2 is 1.88 bits per heavy atom. The van der Waals surface area contributed by atoms with Crippen LogP contribution in [0.15, 0.2) is 72.6 Å². The van der Waals surface area contributed by atoms with Crippen molar-refractivity contribution in [1.29, 1.82) is 0 Å². The molecule has 1 aliphatic rings. The highest BCUT2D eigenvalue weighted by Crippen LogP contribution is 2.44. The van der Waals surface area contributed by atoms with Gasteiger partial charge in [-0.05, 0) is 55.0 Å². The van der Waals surface area contributed by atoms with E-state index in [-0.39, 0.29) is 16.9 Å². The molecule has 2 aromatic carbocycles. The first kappa shape index (κ1) is 22.4. The van der Waals surface area contributed by atoms with Crippen LogP contribution in [0.5, 0.6) is 11.5 Å². The van der Waals surface area contributed by atoms with E-state index in [0.29, 0.717) is 34.4 Å². The van der Waals surface area contributed by atoms with Gasteiger partial charge in [0.15, 0.2) is 0 Å². The first-order valence-electron chi connectivity index (χ1n) is 10.2. The minimum absolute atomic E-state index is 0.0754. The molecule has 8 heteroatoms. The lowest BCUT2D eigenvalue weighted by atomic mass is 9.95. The number of aromatic nitrogens is 1. The van der Waals surface area contributed by atoms with E-state index in [4.69, 9.17) is 21.1 Å². The molecule has 0 aliphatic carbocycles. The highest BCUT2D eigenvalue weighted by molar-refractivity contribution is 6.51. The van der Waals surface area contributed by atoms with Crippen molar-refractivity contribution in [3.63, 3.8) is 0 Å². The van der Waals surface area contributed by atoms with Crippen LogP contribution < -0.4 is 14.4 Å². The van der Waals surface area contributed by atoms with Gasteiger partial charge in [0.1, 0.15) is 17.3 Å². The van der Waals surface area contributed by atoms with Crippen LogP contribution in [0.3, 0.4) is 0 Å². The minimum Gasteiger partial charge on any atom is -0.507 e. The van der Waals surface area contributed by atoms with Crippen molar-refractivity contribution in [2.24, 2.45) is 0 Å². The molecule has 1 aromatic heterocycles. The average molecular weight is 465 g/mol. The lowest BCUT2D eigenvalue weighted by Gasteiger charge is -2.25. The number of rotatable bonds is 6. The molecule has 1 amide bonds. The Labute approximate surface area is 195 Å². The van der Waals surface area contributed by atoms with Crippen molar-refractivity contribution in [1.82, 2.24) is 4.98 Å². The first-order chi connectivity index (χ1) is 16.0. The van der Waals surface area contributed by atoms with E-state index < -0.39 is 17.7 Å². The molecule has 4 rings (SSSR count). The zero-order valence-electron chi connectivity index (χ0n) is 18.0. The predicted molar refractivity (Wildman–Crippen MR) is 125 cm³/mol. The number of ketones is 1. The zero-order chi connectivity index (χ0) is 23.5. The van der Waals surface area contributed by atoms with Gasteiger partial charge in [0.25, 0.3) is 11.7 Å². The number of halogens is 1. The summed E-state index contributed by atoms with van der Waals surface area (Å²) < 4.78 is 10.9. The number of carbonyl (C=O) groups is 2. The maximum Gasteiger partial charge on any atom is 0.300 e. The number of benzene rings is 2. The van der Waals surface area contributed by atoms with Gasteiger partial charge in [-0.25, -0.2) is 0 Å². The molecule has 168 valence electrons. The van der Waals surface area contributed by atoms with Crippen LogP contribution >= 0.6 is 11.6 Å². The Kier molecular flexibility index (Phi) is 6.33. The Bertz CT molecular complexity index is 1240. The van der Waals surface area contributed by atoms with E-state index in [1.54, 1.807) is 60.9 Å². The van der Waals surface area contributed by atoms with Crippen molar-refractivity contribution in [2.75, 3.05) is 18.6 Å². The van der Waals surface area contributed by atoms with Gasteiger partial charge >= 0.3 is 0 Å². The van der Waals surface area contributed by atoms with Crippen LogP contribution in [-0.2, 0) is 9.59 Å². The Hall–Kier alpha value is -3.84. The highest BCUT2D eigenvalue weighted by Gasteiger charge is 2.47. The summed E-state index contributed by atoms with van der Waals surface area (Å²) in [5.41, 5.74) is 1.20. The number of anilines is 1. The fourth-order valence-corrected chi connectivity index (χ4v) is 4.03. The molecule has 0 saturated carbocycles. The monoisotopic (exact) mass is 464 g/mol. The lowest BCUT2D eigenvalue weighted by Crippen LogP contribution is -2.29. The third-order valence-electron chi connectivity index (χ3n) is 5.29. The molecule has 1 N–H and O–H groups in total. The molecular formula is C25H21ClN2O5. The topological polar surface area (TPSA) is 89.0 Å². The predicted octanol–water partition coefficient (Wildman–Crippen LogP) is 4.77. The van der Waals surface area contributed by atoms with Gasteiger partial charge in [0.05, 0.1) is 30.9 Å². The third-order valence-corrected chi connectivity index (χ3v) is 5.52. The molecule has 1 saturated heterocycles. The molecule has 3 aromatic rings. The highest BCUT2D eigenvalue weighted by atomic mass is 35.5. The van der Waals surface area contributed by atoms with E-state index in [1.165, 1.54) is 18.1 Å². The van der Waals surface area contributed by atoms with Crippen molar-refractivity contribution < 1.29 is 24.2 Å². The van der Waals surface area contributed by atoms with Crippen molar-refractivity contribution >= 4 is 34.7 Å². The van der Waals surface area contributed by atoms with Crippen LogP contribution in [0.4, 0.5) is 5.69 Å². The SMILES string of the molecule is CCOc1cccc(N2C(=O)C(=O)/C(=C(/O)c3cc(Cl)ccc3OC)C2c2ccncc2)c1. The van der Waals surface area contributed by atoms with Crippen LogP contribution in [-0.4, -0.2) is 35.5 Å².